The van der Waals surface area contributed by atoms with Gasteiger partial charge < -0.3 is 10.1 Å². The molecule has 0 bridgehead atoms. The molecule has 0 aliphatic heterocycles. The highest BCUT2D eigenvalue weighted by Crippen LogP contribution is 2.33. The number of hydrogen-bond acceptors (Lipinski definition) is 3. The Hall–Kier alpha value is -2.53. The van der Waals surface area contributed by atoms with Gasteiger partial charge in [0, 0.05) is 5.39 Å². The lowest BCUT2D eigenvalue weighted by Gasteiger charge is -2.19. The fraction of sp³-hybridized carbons (Fsp3) is 0.211. The Morgan fingerprint density at radius 3 is 2.17 bits per heavy atom. The van der Waals surface area contributed by atoms with Crippen LogP contribution in [-0.2, 0) is 15.7 Å². The third-order valence-corrected chi connectivity index (χ3v) is 4.71. The highest BCUT2D eigenvalue weighted by atomic mass is 32.2. The van der Waals surface area contributed by atoms with E-state index < -0.39 is 10.3 Å². The average molecular weight is 341 g/mol. The van der Waals surface area contributed by atoms with Gasteiger partial charge in [0.1, 0.15) is 5.75 Å². The molecule has 0 unspecified atom stereocenters. The molecule has 124 valence electrons. The molecule has 0 radical (unpaired) electrons. The maximum atomic E-state index is 11.1. The SMILES string of the molecule is CC(C)(C)c1ccc(-c2ccc(O)c3[nH]c(=S(=O)=O)ccc23)cc1. The topological polar surface area (TPSA) is 70.2 Å². The number of benzene rings is 2. The van der Waals surface area contributed by atoms with Crippen molar-refractivity contribution >= 4 is 21.2 Å². The lowest BCUT2D eigenvalue weighted by Crippen LogP contribution is -2.10. The Bertz CT molecular complexity index is 1080. The Morgan fingerprint density at radius 1 is 0.917 bits per heavy atom. The lowest BCUT2D eigenvalue weighted by atomic mass is 9.86. The summed E-state index contributed by atoms with van der Waals surface area (Å²) in [7, 11) is -2.37. The smallest absolute Gasteiger partial charge is 0.238 e. The van der Waals surface area contributed by atoms with Crippen LogP contribution in [0.1, 0.15) is 26.3 Å². The minimum Gasteiger partial charge on any atom is -0.506 e. The third kappa shape index (κ3) is 2.95. The van der Waals surface area contributed by atoms with Gasteiger partial charge in [0.25, 0.3) is 0 Å². The van der Waals surface area contributed by atoms with Crippen molar-refractivity contribution in [3.8, 4) is 16.9 Å². The van der Waals surface area contributed by atoms with Crippen molar-refractivity contribution in [1.29, 1.82) is 0 Å². The highest BCUT2D eigenvalue weighted by Gasteiger charge is 2.14. The van der Waals surface area contributed by atoms with Gasteiger partial charge in [-0.2, -0.15) is 8.42 Å². The molecule has 24 heavy (non-hydrogen) atoms. The molecule has 0 amide bonds. The van der Waals surface area contributed by atoms with E-state index >= 15 is 0 Å². The standard InChI is InChI=1S/C19H19NO3S/c1-19(2,3)13-6-4-12(5-7-13)14-8-10-16(21)18-15(14)9-11-17(20-18)24(22)23/h4-11,20-21H,1-3H3. The van der Waals surface area contributed by atoms with Crippen LogP contribution >= 0.6 is 0 Å². The molecule has 0 saturated heterocycles. The molecule has 0 fully saturated rings. The maximum absolute atomic E-state index is 11.1. The predicted molar refractivity (Wildman–Crippen MR) is 96.3 cm³/mol. The van der Waals surface area contributed by atoms with Crippen molar-refractivity contribution in [2.24, 2.45) is 0 Å². The summed E-state index contributed by atoms with van der Waals surface area (Å²) in [4.78, 5) is 2.78. The number of hydrogen-bond donors (Lipinski definition) is 2. The van der Waals surface area contributed by atoms with Gasteiger partial charge in [-0.25, -0.2) is 0 Å². The fourth-order valence-corrected chi connectivity index (χ4v) is 3.10. The summed E-state index contributed by atoms with van der Waals surface area (Å²) in [6, 6.07) is 14.9. The van der Waals surface area contributed by atoms with Gasteiger partial charge in [-0.3, -0.25) is 0 Å². The number of phenolic OH excluding ortho intramolecular Hbond substituents is 1. The largest absolute Gasteiger partial charge is 0.506 e. The van der Waals surface area contributed by atoms with Crippen molar-refractivity contribution in [2.75, 3.05) is 0 Å². The molecule has 5 heteroatoms. The van der Waals surface area contributed by atoms with E-state index in [0.29, 0.717) is 5.52 Å². The van der Waals surface area contributed by atoms with Crippen LogP contribution < -0.4 is 0 Å². The van der Waals surface area contributed by atoms with Crippen LogP contribution in [0.2, 0.25) is 0 Å². The van der Waals surface area contributed by atoms with E-state index in [4.69, 9.17) is 0 Å². The van der Waals surface area contributed by atoms with Crippen LogP contribution in [0.5, 0.6) is 5.75 Å². The first-order chi connectivity index (χ1) is 11.3. The number of aromatic nitrogens is 1. The van der Waals surface area contributed by atoms with Gasteiger partial charge >= 0.3 is 0 Å². The van der Waals surface area contributed by atoms with Crippen LogP contribution in [0.3, 0.4) is 0 Å². The van der Waals surface area contributed by atoms with E-state index in [0.717, 1.165) is 16.5 Å². The van der Waals surface area contributed by atoms with Gasteiger partial charge in [-0.1, -0.05) is 45.0 Å². The molecule has 1 heterocycles. The van der Waals surface area contributed by atoms with Gasteiger partial charge in [-0.05, 0) is 46.4 Å². The molecule has 0 spiro atoms. The molecule has 0 atom stereocenters. The summed E-state index contributed by atoms with van der Waals surface area (Å²) in [5.74, 6) is 0.0207. The van der Waals surface area contributed by atoms with E-state index in [1.807, 2.05) is 18.2 Å². The first-order valence-electron chi connectivity index (χ1n) is 7.65. The zero-order valence-corrected chi connectivity index (χ0v) is 14.6. The molecule has 0 aliphatic rings. The van der Waals surface area contributed by atoms with E-state index in [1.54, 1.807) is 12.1 Å². The number of H-pyrrole nitrogens is 1. The molecule has 3 rings (SSSR count). The molecule has 3 aromatic rings. The molecular weight excluding hydrogens is 322 g/mol. The van der Waals surface area contributed by atoms with Crippen LogP contribution in [0.25, 0.3) is 22.0 Å². The molecule has 1 aromatic heterocycles. The minimum absolute atomic E-state index is 0.0207. The van der Waals surface area contributed by atoms with Crippen molar-refractivity contribution < 1.29 is 13.5 Å². The van der Waals surface area contributed by atoms with Crippen LogP contribution in [0.15, 0.2) is 48.5 Å². The minimum atomic E-state index is -2.37. The number of nitrogens with one attached hydrogen (secondary N) is 1. The number of aromatic hydroxyl groups is 1. The van der Waals surface area contributed by atoms with E-state index in [9.17, 15) is 13.5 Å². The number of pyridine rings is 1. The third-order valence-electron chi connectivity index (χ3n) is 4.11. The summed E-state index contributed by atoms with van der Waals surface area (Å²) in [6.45, 7) is 6.49. The first-order valence-corrected chi connectivity index (χ1v) is 8.73. The van der Waals surface area contributed by atoms with Crippen LogP contribution in [-0.4, -0.2) is 18.5 Å². The van der Waals surface area contributed by atoms with E-state index in [1.165, 1.54) is 11.6 Å². The number of aromatic amines is 1. The van der Waals surface area contributed by atoms with Crippen molar-refractivity contribution in [2.45, 2.75) is 26.2 Å². The zero-order chi connectivity index (χ0) is 17.5. The Morgan fingerprint density at radius 2 is 1.58 bits per heavy atom. The summed E-state index contributed by atoms with van der Waals surface area (Å²) in [6.07, 6.45) is 0. The number of fused-ring (bicyclic) bond motifs is 1. The highest BCUT2D eigenvalue weighted by molar-refractivity contribution is 7.63. The average Bonchev–Trinajstić information content (AvgIpc) is 2.54. The fourth-order valence-electron chi connectivity index (χ4n) is 2.74. The van der Waals surface area contributed by atoms with Crippen LogP contribution in [0.4, 0.5) is 0 Å². The Labute approximate surface area is 142 Å². The van der Waals surface area contributed by atoms with Gasteiger partial charge in [0.15, 0.2) is 4.64 Å². The van der Waals surface area contributed by atoms with Crippen molar-refractivity contribution in [3.63, 3.8) is 0 Å². The molecule has 4 nitrogen and oxygen atoms in total. The molecular formula is C19H19NO3S. The van der Waals surface area contributed by atoms with E-state index in [-0.39, 0.29) is 15.8 Å². The van der Waals surface area contributed by atoms with Gasteiger partial charge in [-0.15, -0.1) is 0 Å². The maximum Gasteiger partial charge on any atom is 0.238 e. The van der Waals surface area contributed by atoms with E-state index in [2.05, 4.69) is 37.9 Å². The summed E-state index contributed by atoms with van der Waals surface area (Å²) in [5, 5.41) is 10.8. The normalized spacial score (nSPS) is 11.6. The number of rotatable bonds is 1. The summed E-state index contributed by atoms with van der Waals surface area (Å²) >= 11 is 0. The monoisotopic (exact) mass is 341 g/mol. The summed E-state index contributed by atoms with van der Waals surface area (Å²) < 4.78 is 22.3. The van der Waals surface area contributed by atoms with Gasteiger partial charge in [0.05, 0.1) is 5.52 Å². The lowest BCUT2D eigenvalue weighted by molar-refractivity contribution is 0.480. The quantitative estimate of drug-likeness (QED) is 0.650. The van der Waals surface area contributed by atoms with Gasteiger partial charge in [0.2, 0.25) is 10.3 Å². The predicted octanol–water partition coefficient (Wildman–Crippen LogP) is 4.25. The van der Waals surface area contributed by atoms with Crippen molar-refractivity contribution in [3.05, 3.63) is 58.7 Å². The Kier molecular flexibility index (Phi) is 3.97. The Balaban J connectivity index is 2.24. The second-order valence-corrected chi connectivity index (χ2v) is 7.71. The molecule has 2 N–H and O–H groups in total. The second kappa shape index (κ2) is 5.83. The number of phenols is 1. The second-order valence-electron chi connectivity index (χ2n) is 6.81. The first kappa shape index (κ1) is 16.3. The molecule has 0 aliphatic carbocycles. The van der Waals surface area contributed by atoms with Crippen molar-refractivity contribution in [1.82, 2.24) is 4.98 Å². The summed E-state index contributed by atoms with van der Waals surface area (Å²) in [5.41, 5.74) is 3.68. The van der Waals surface area contributed by atoms with Crippen LogP contribution in [0, 0.1) is 4.64 Å². The molecule has 2 aromatic carbocycles. The zero-order valence-electron chi connectivity index (χ0n) is 13.8. The molecule has 0 saturated carbocycles.